The Kier molecular flexibility index (Phi) is 2.34. The number of aliphatic hydroxyl groups is 1. The highest BCUT2D eigenvalue weighted by atomic mass is 16.3. The summed E-state index contributed by atoms with van der Waals surface area (Å²) in [4.78, 5) is 0. The maximum Gasteiger partial charge on any atom is 0.150 e. The Labute approximate surface area is 102 Å². The van der Waals surface area contributed by atoms with Crippen LogP contribution in [-0.2, 0) is 0 Å². The third kappa shape index (κ3) is 1.61. The van der Waals surface area contributed by atoms with Crippen LogP contribution in [0, 0.1) is 23.7 Å². The molecule has 0 heterocycles. The van der Waals surface area contributed by atoms with Gasteiger partial charge in [0.2, 0.25) is 0 Å². The molecule has 0 aromatic heterocycles. The van der Waals surface area contributed by atoms with Crippen LogP contribution in [0.5, 0.6) is 0 Å². The van der Waals surface area contributed by atoms with Crippen molar-refractivity contribution in [3.05, 3.63) is 48.0 Å². The first kappa shape index (κ1) is 10.6. The lowest BCUT2D eigenvalue weighted by Crippen LogP contribution is -2.35. The summed E-state index contributed by atoms with van der Waals surface area (Å²) in [7, 11) is 0. The van der Waals surface area contributed by atoms with E-state index >= 15 is 0 Å². The molecule has 3 unspecified atom stereocenters. The molecule has 3 rings (SSSR count). The van der Waals surface area contributed by atoms with E-state index in [4.69, 9.17) is 0 Å². The predicted molar refractivity (Wildman–Crippen MR) is 68.2 cm³/mol. The average Bonchev–Trinajstić information content (AvgIpc) is 2.93. The van der Waals surface area contributed by atoms with E-state index in [1.165, 1.54) is 6.42 Å². The van der Waals surface area contributed by atoms with Crippen LogP contribution in [0.3, 0.4) is 0 Å². The zero-order valence-corrected chi connectivity index (χ0v) is 9.82. The molecule has 2 aliphatic carbocycles. The lowest BCUT2D eigenvalue weighted by molar-refractivity contribution is 0.0855. The van der Waals surface area contributed by atoms with Crippen molar-refractivity contribution in [1.82, 2.24) is 0 Å². The second-order valence-electron chi connectivity index (χ2n) is 5.11. The fourth-order valence-corrected chi connectivity index (χ4v) is 3.12. The Hall–Kier alpha value is -1.52. The second kappa shape index (κ2) is 3.75. The summed E-state index contributed by atoms with van der Waals surface area (Å²) in [6.07, 6.45) is 3.33. The summed E-state index contributed by atoms with van der Waals surface area (Å²) < 4.78 is 0. The van der Waals surface area contributed by atoms with Gasteiger partial charge in [0.15, 0.2) is 0 Å². The topological polar surface area (TPSA) is 20.2 Å². The molecule has 2 aliphatic rings. The van der Waals surface area contributed by atoms with Gasteiger partial charge >= 0.3 is 0 Å². The highest BCUT2D eigenvalue weighted by molar-refractivity contribution is 5.43. The largest absolute Gasteiger partial charge is 0.373 e. The Balaban J connectivity index is 1.91. The molecule has 1 nitrogen and oxygen atoms in total. The third-order valence-electron chi connectivity index (χ3n) is 4.18. The molecule has 1 aromatic carbocycles. The normalized spacial score (nSPS) is 34.5. The molecule has 1 aromatic rings. The van der Waals surface area contributed by atoms with Crippen molar-refractivity contribution in [2.24, 2.45) is 11.8 Å². The number of rotatable bonds is 0. The number of hydrogen-bond donors (Lipinski definition) is 1. The molecule has 0 amide bonds. The highest BCUT2D eigenvalue weighted by Crippen LogP contribution is 2.53. The fourth-order valence-electron chi connectivity index (χ4n) is 3.12. The Morgan fingerprint density at radius 3 is 2.65 bits per heavy atom. The molecule has 0 saturated heterocycles. The van der Waals surface area contributed by atoms with Gasteiger partial charge in [-0.25, -0.2) is 0 Å². The summed E-state index contributed by atoms with van der Waals surface area (Å²) >= 11 is 0. The smallest absolute Gasteiger partial charge is 0.150 e. The van der Waals surface area contributed by atoms with Crippen LogP contribution < -0.4 is 0 Å². The standard InChI is InChI=1S/C16H16O/c1-12-14-7-8-15(11-14)16(12,17)10-9-13-5-3-2-4-6-13/h2-6,14-15,17H,1,7-8,11H2. The number of benzene rings is 1. The van der Waals surface area contributed by atoms with Crippen LogP contribution in [0.2, 0.25) is 0 Å². The summed E-state index contributed by atoms with van der Waals surface area (Å²) in [5, 5.41) is 10.6. The van der Waals surface area contributed by atoms with Crippen LogP contribution in [0.15, 0.2) is 42.5 Å². The van der Waals surface area contributed by atoms with Crippen molar-refractivity contribution in [2.75, 3.05) is 0 Å². The Bertz CT molecular complexity index is 505. The molecule has 17 heavy (non-hydrogen) atoms. The van der Waals surface area contributed by atoms with Crippen molar-refractivity contribution in [2.45, 2.75) is 24.9 Å². The van der Waals surface area contributed by atoms with Crippen molar-refractivity contribution in [3.63, 3.8) is 0 Å². The zero-order chi connectivity index (χ0) is 11.9. The molecular weight excluding hydrogens is 208 g/mol. The fraction of sp³-hybridized carbons (Fsp3) is 0.375. The van der Waals surface area contributed by atoms with E-state index in [9.17, 15) is 5.11 Å². The summed E-state index contributed by atoms with van der Waals surface area (Å²) in [5.41, 5.74) is 0.965. The maximum atomic E-state index is 10.6. The van der Waals surface area contributed by atoms with Crippen LogP contribution in [0.4, 0.5) is 0 Å². The van der Waals surface area contributed by atoms with Crippen LogP contribution in [-0.4, -0.2) is 10.7 Å². The SMILES string of the molecule is C=C1C2CCC(C2)C1(O)C#Cc1ccccc1. The van der Waals surface area contributed by atoms with Gasteiger partial charge in [-0.3, -0.25) is 0 Å². The Morgan fingerprint density at radius 1 is 1.24 bits per heavy atom. The lowest BCUT2D eigenvalue weighted by atomic mass is 9.81. The van der Waals surface area contributed by atoms with E-state index in [0.29, 0.717) is 11.8 Å². The molecule has 86 valence electrons. The van der Waals surface area contributed by atoms with Gasteiger partial charge in [0.05, 0.1) is 0 Å². The predicted octanol–water partition coefficient (Wildman–Crippen LogP) is 2.76. The molecule has 3 atom stereocenters. The third-order valence-corrected chi connectivity index (χ3v) is 4.18. The lowest BCUT2D eigenvalue weighted by Gasteiger charge is -2.29. The van der Waals surface area contributed by atoms with Crippen LogP contribution in [0.25, 0.3) is 0 Å². The number of fused-ring (bicyclic) bond motifs is 2. The van der Waals surface area contributed by atoms with E-state index in [0.717, 1.165) is 24.0 Å². The first-order valence-corrected chi connectivity index (χ1v) is 6.20. The van der Waals surface area contributed by atoms with E-state index in [1.54, 1.807) is 0 Å². The summed E-state index contributed by atoms with van der Waals surface area (Å²) in [5.74, 6) is 6.94. The quantitative estimate of drug-likeness (QED) is 0.530. The van der Waals surface area contributed by atoms with Crippen LogP contribution in [0.1, 0.15) is 24.8 Å². The molecule has 0 radical (unpaired) electrons. The van der Waals surface area contributed by atoms with E-state index in [2.05, 4.69) is 18.4 Å². The Morgan fingerprint density at radius 2 is 2.00 bits per heavy atom. The summed E-state index contributed by atoms with van der Waals surface area (Å²) in [6.45, 7) is 4.05. The molecule has 2 saturated carbocycles. The van der Waals surface area contributed by atoms with Gasteiger partial charge in [0.1, 0.15) is 5.60 Å². The van der Waals surface area contributed by atoms with Gasteiger partial charge in [-0.05, 0) is 42.9 Å². The highest BCUT2D eigenvalue weighted by Gasteiger charge is 2.52. The van der Waals surface area contributed by atoms with Gasteiger partial charge in [-0.1, -0.05) is 36.6 Å². The minimum Gasteiger partial charge on any atom is -0.373 e. The van der Waals surface area contributed by atoms with E-state index in [1.807, 2.05) is 30.3 Å². The van der Waals surface area contributed by atoms with Crippen molar-refractivity contribution in [3.8, 4) is 11.8 Å². The minimum atomic E-state index is -0.932. The van der Waals surface area contributed by atoms with Gasteiger partial charge in [0, 0.05) is 11.5 Å². The van der Waals surface area contributed by atoms with Crippen molar-refractivity contribution in [1.29, 1.82) is 0 Å². The van der Waals surface area contributed by atoms with Gasteiger partial charge < -0.3 is 5.11 Å². The molecule has 1 N–H and O–H groups in total. The zero-order valence-electron chi connectivity index (χ0n) is 9.82. The monoisotopic (exact) mass is 224 g/mol. The van der Waals surface area contributed by atoms with Gasteiger partial charge in [-0.15, -0.1) is 0 Å². The summed E-state index contributed by atoms with van der Waals surface area (Å²) in [6, 6.07) is 9.82. The molecule has 1 heteroatoms. The average molecular weight is 224 g/mol. The van der Waals surface area contributed by atoms with E-state index < -0.39 is 5.60 Å². The van der Waals surface area contributed by atoms with Crippen molar-refractivity contribution < 1.29 is 5.11 Å². The molecule has 2 bridgehead atoms. The van der Waals surface area contributed by atoms with E-state index in [-0.39, 0.29) is 0 Å². The minimum absolute atomic E-state index is 0.302. The number of hydrogen-bond acceptors (Lipinski definition) is 1. The molecule has 0 aliphatic heterocycles. The van der Waals surface area contributed by atoms with Crippen LogP contribution >= 0.6 is 0 Å². The molecule has 0 spiro atoms. The second-order valence-corrected chi connectivity index (χ2v) is 5.11. The molecular formula is C16H16O. The van der Waals surface area contributed by atoms with Gasteiger partial charge in [-0.2, -0.15) is 0 Å². The van der Waals surface area contributed by atoms with Gasteiger partial charge in [0.25, 0.3) is 0 Å². The first-order chi connectivity index (χ1) is 8.20. The molecule has 2 fully saturated rings. The van der Waals surface area contributed by atoms with Crippen molar-refractivity contribution >= 4 is 0 Å². The first-order valence-electron chi connectivity index (χ1n) is 6.20. The maximum absolute atomic E-state index is 10.6.